The number of fused-ring (bicyclic) bond motifs is 1. The number of hydrogen-bond acceptors (Lipinski definition) is 3. The Labute approximate surface area is 176 Å². The highest BCUT2D eigenvalue weighted by atomic mass is 35.5. The van der Waals surface area contributed by atoms with E-state index in [-0.39, 0.29) is 30.8 Å². The van der Waals surface area contributed by atoms with Crippen LogP contribution < -0.4 is 4.74 Å². The molecule has 2 unspecified atom stereocenters. The number of carboxylic acids is 1. The first-order valence-corrected chi connectivity index (χ1v) is 10.1. The number of aliphatic carboxylic acids is 1. The lowest BCUT2D eigenvalue weighted by Crippen LogP contribution is -2.39. The van der Waals surface area contributed by atoms with E-state index >= 15 is 0 Å². The predicted molar refractivity (Wildman–Crippen MR) is 113 cm³/mol. The molecule has 1 aliphatic rings. The fourth-order valence-corrected chi connectivity index (χ4v) is 4.33. The molecule has 0 aromatic heterocycles. The van der Waals surface area contributed by atoms with Crippen LogP contribution in [0, 0.1) is 5.92 Å². The Bertz CT molecular complexity index is 912. The molecule has 1 amide bonds. The normalized spacial score (nSPS) is 19.1. The SMILES string of the molecule is COc1ccccc1C1CN(CC(=O)O)C(=O)C(CC(C)C)c2ccc(Cl)cc21. The van der Waals surface area contributed by atoms with Crippen LogP contribution in [-0.4, -0.2) is 42.1 Å². The maximum absolute atomic E-state index is 13.4. The van der Waals surface area contributed by atoms with E-state index in [0.29, 0.717) is 17.2 Å². The maximum atomic E-state index is 13.4. The zero-order valence-corrected chi connectivity index (χ0v) is 17.6. The summed E-state index contributed by atoms with van der Waals surface area (Å²) in [7, 11) is 1.61. The second-order valence-corrected chi connectivity index (χ2v) is 8.30. The summed E-state index contributed by atoms with van der Waals surface area (Å²) in [4.78, 5) is 26.4. The van der Waals surface area contributed by atoms with E-state index in [0.717, 1.165) is 16.7 Å². The van der Waals surface area contributed by atoms with Gasteiger partial charge in [0, 0.05) is 23.0 Å². The lowest BCUT2D eigenvalue weighted by molar-refractivity contribution is -0.145. The topological polar surface area (TPSA) is 66.8 Å². The molecule has 29 heavy (non-hydrogen) atoms. The summed E-state index contributed by atoms with van der Waals surface area (Å²) in [5, 5.41) is 10.0. The molecule has 0 radical (unpaired) electrons. The molecule has 1 N–H and O–H groups in total. The van der Waals surface area contributed by atoms with Crippen molar-refractivity contribution in [2.75, 3.05) is 20.2 Å². The van der Waals surface area contributed by atoms with Gasteiger partial charge in [0.1, 0.15) is 12.3 Å². The first-order valence-electron chi connectivity index (χ1n) is 9.74. The van der Waals surface area contributed by atoms with Crippen LogP contribution in [-0.2, 0) is 9.59 Å². The second kappa shape index (κ2) is 8.87. The summed E-state index contributed by atoms with van der Waals surface area (Å²) in [6, 6.07) is 13.3. The number of amides is 1. The Kier molecular flexibility index (Phi) is 6.48. The quantitative estimate of drug-likeness (QED) is 0.752. The third-order valence-corrected chi connectivity index (χ3v) is 5.60. The number of carbonyl (C=O) groups excluding carboxylic acids is 1. The molecule has 0 bridgehead atoms. The minimum absolute atomic E-state index is 0.151. The van der Waals surface area contributed by atoms with Crippen molar-refractivity contribution in [3.05, 3.63) is 64.2 Å². The number of para-hydroxylation sites is 1. The fourth-order valence-electron chi connectivity index (χ4n) is 4.15. The molecule has 0 aliphatic carbocycles. The average Bonchev–Trinajstić information content (AvgIpc) is 2.77. The summed E-state index contributed by atoms with van der Waals surface area (Å²) >= 11 is 6.34. The van der Waals surface area contributed by atoms with E-state index in [2.05, 4.69) is 13.8 Å². The van der Waals surface area contributed by atoms with Crippen LogP contribution in [0.4, 0.5) is 0 Å². The Morgan fingerprint density at radius 2 is 1.93 bits per heavy atom. The molecule has 2 aromatic rings. The molecule has 0 saturated heterocycles. The molecule has 0 spiro atoms. The smallest absolute Gasteiger partial charge is 0.323 e. The Morgan fingerprint density at radius 3 is 2.59 bits per heavy atom. The van der Waals surface area contributed by atoms with Gasteiger partial charge in [-0.1, -0.05) is 49.7 Å². The van der Waals surface area contributed by atoms with Crippen molar-refractivity contribution in [2.45, 2.75) is 32.1 Å². The van der Waals surface area contributed by atoms with Crippen molar-refractivity contribution < 1.29 is 19.4 Å². The molecule has 1 heterocycles. The van der Waals surface area contributed by atoms with Gasteiger partial charge in [0.15, 0.2) is 0 Å². The molecule has 6 heteroatoms. The zero-order chi connectivity index (χ0) is 21.1. The monoisotopic (exact) mass is 415 g/mol. The molecule has 1 aliphatic heterocycles. The highest BCUT2D eigenvalue weighted by molar-refractivity contribution is 6.30. The van der Waals surface area contributed by atoms with Crippen LogP contribution in [0.15, 0.2) is 42.5 Å². The second-order valence-electron chi connectivity index (χ2n) is 7.86. The van der Waals surface area contributed by atoms with Gasteiger partial charge in [-0.2, -0.15) is 0 Å². The van der Waals surface area contributed by atoms with Gasteiger partial charge < -0.3 is 14.7 Å². The van der Waals surface area contributed by atoms with Gasteiger partial charge in [0.25, 0.3) is 0 Å². The third kappa shape index (κ3) is 4.56. The van der Waals surface area contributed by atoms with Crippen LogP contribution in [0.25, 0.3) is 0 Å². The van der Waals surface area contributed by atoms with Gasteiger partial charge in [0.2, 0.25) is 5.91 Å². The predicted octanol–water partition coefficient (Wildman–Crippen LogP) is 4.54. The number of methoxy groups -OCH3 is 1. The first kappa shape index (κ1) is 21.2. The van der Waals surface area contributed by atoms with E-state index in [1.54, 1.807) is 13.2 Å². The Balaban J connectivity index is 2.22. The molecule has 154 valence electrons. The molecular weight excluding hydrogens is 390 g/mol. The van der Waals surface area contributed by atoms with Crippen molar-refractivity contribution in [1.82, 2.24) is 4.90 Å². The van der Waals surface area contributed by atoms with Crippen molar-refractivity contribution in [3.63, 3.8) is 0 Å². The van der Waals surface area contributed by atoms with Crippen LogP contribution in [0.3, 0.4) is 0 Å². The third-order valence-electron chi connectivity index (χ3n) is 5.36. The lowest BCUT2D eigenvalue weighted by Gasteiger charge is -2.26. The minimum Gasteiger partial charge on any atom is -0.496 e. The van der Waals surface area contributed by atoms with Gasteiger partial charge in [-0.25, -0.2) is 0 Å². The number of halogens is 1. The first-order chi connectivity index (χ1) is 13.8. The molecule has 0 fully saturated rings. The van der Waals surface area contributed by atoms with E-state index in [1.807, 2.05) is 36.4 Å². The van der Waals surface area contributed by atoms with E-state index < -0.39 is 11.9 Å². The number of ether oxygens (including phenoxy) is 1. The van der Waals surface area contributed by atoms with Gasteiger partial charge in [-0.05, 0) is 41.7 Å². The number of carbonyl (C=O) groups is 2. The highest BCUT2D eigenvalue weighted by Gasteiger charge is 2.37. The minimum atomic E-state index is -1.02. The summed E-state index contributed by atoms with van der Waals surface area (Å²) in [5.74, 6) is -0.830. The average molecular weight is 416 g/mol. The van der Waals surface area contributed by atoms with Crippen LogP contribution >= 0.6 is 11.6 Å². The molecule has 2 atom stereocenters. The van der Waals surface area contributed by atoms with E-state index in [4.69, 9.17) is 16.3 Å². The summed E-state index contributed by atoms with van der Waals surface area (Å²) in [5.41, 5.74) is 2.78. The standard InChI is InChI=1S/C23H26ClNO4/c1-14(2)10-19-16-9-8-15(24)11-18(16)20(12-25(23(19)28)13-22(26)27)17-6-4-5-7-21(17)29-3/h4-9,11,14,19-20H,10,12-13H2,1-3H3,(H,26,27). The number of rotatable bonds is 6. The number of carboxylic acid groups (broad SMARTS) is 1. The van der Waals surface area contributed by atoms with Gasteiger partial charge >= 0.3 is 5.97 Å². The van der Waals surface area contributed by atoms with Crippen LogP contribution in [0.1, 0.15) is 48.8 Å². The summed E-state index contributed by atoms with van der Waals surface area (Å²) in [6.45, 7) is 4.05. The molecule has 0 saturated carbocycles. The van der Waals surface area contributed by atoms with Gasteiger partial charge in [0.05, 0.1) is 13.0 Å². The molecule has 2 aromatic carbocycles. The summed E-state index contributed by atoms with van der Waals surface area (Å²) in [6.07, 6.45) is 0.641. The van der Waals surface area contributed by atoms with Crippen molar-refractivity contribution in [2.24, 2.45) is 5.92 Å². The van der Waals surface area contributed by atoms with Crippen LogP contribution in [0.2, 0.25) is 5.02 Å². The Hall–Kier alpha value is -2.53. The van der Waals surface area contributed by atoms with Crippen molar-refractivity contribution in [1.29, 1.82) is 0 Å². The fraction of sp³-hybridized carbons (Fsp3) is 0.391. The van der Waals surface area contributed by atoms with Crippen LogP contribution in [0.5, 0.6) is 5.75 Å². The van der Waals surface area contributed by atoms with Crippen molar-refractivity contribution in [3.8, 4) is 5.75 Å². The van der Waals surface area contributed by atoms with Gasteiger partial charge in [-0.3, -0.25) is 9.59 Å². The zero-order valence-electron chi connectivity index (χ0n) is 16.9. The highest BCUT2D eigenvalue weighted by Crippen LogP contribution is 2.42. The molecule has 5 nitrogen and oxygen atoms in total. The molecular formula is C23H26ClNO4. The lowest BCUT2D eigenvalue weighted by atomic mass is 9.82. The number of benzene rings is 2. The van der Waals surface area contributed by atoms with Gasteiger partial charge in [-0.15, -0.1) is 0 Å². The van der Waals surface area contributed by atoms with E-state index in [9.17, 15) is 14.7 Å². The molecule has 3 rings (SSSR count). The number of nitrogens with zero attached hydrogens (tertiary/aromatic N) is 1. The van der Waals surface area contributed by atoms with E-state index in [1.165, 1.54) is 4.90 Å². The largest absolute Gasteiger partial charge is 0.496 e. The Morgan fingerprint density at radius 1 is 1.21 bits per heavy atom. The van der Waals surface area contributed by atoms with Crippen molar-refractivity contribution >= 4 is 23.5 Å². The maximum Gasteiger partial charge on any atom is 0.323 e. The summed E-state index contributed by atoms with van der Waals surface area (Å²) < 4.78 is 5.57. The number of hydrogen-bond donors (Lipinski definition) is 1.